The second-order valence-corrected chi connectivity index (χ2v) is 6.78. The van der Waals surface area contributed by atoms with E-state index in [1.54, 1.807) is 0 Å². The van der Waals surface area contributed by atoms with Crippen molar-refractivity contribution in [3.8, 4) is 0 Å². The Balaban J connectivity index is 1.78. The van der Waals surface area contributed by atoms with Gasteiger partial charge in [-0.2, -0.15) is 5.10 Å². The minimum Gasteiger partial charge on any atom is -0.376 e. The van der Waals surface area contributed by atoms with E-state index in [1.165, 1.54) is 5.56 Å². The number of aromatic amines is 1. The van der Waals surface area contributed by atoms with E-state index in [1.807, 2.05) is 13.8 Å². The summed E-state index contributed by atoms with van der Waals surface area (Å²) in [7, 11) is 0. The minimum absolute atomic E-state index is 0.0631. The first-order valence-electron chi connectivity index (χ1n) is 7.66. The lowest BCUT2D eigenvalue weighted by atomic mass is 9.97. The van der Waals surface area contributed by atoms with Crippen LogP contribution in [0.1, 0.15) is 33.5 Å². The number of rotatable bonds is 3. The maximum absolute atomic E-state index is 12.4. The number of nitrogens with one attached hydrogen (secondary N) is 2. The number of benzene rings is 1. The van der Waals surface area contributed by atoms with Crippen LogP contribution in [0.2, 0.25) is 0 Å². The lowest BCUT2D eigenvalue weighted by Gasteiger charge is -2.15. The van der Waals surface area contributed by atoms with Gasteiger partial charge in [-0.05, 0) is 43.0 Å². The molecule has 1 aromatic carbocycles. The molecule has 0 saturated carbocycles. The van der Waals surface area contributed by atoms with Crippen molar-refractivity contribution in [2.75, 3.05) is 11.9 Å². The molecule has 23 heavy (non-hydrogen) atoms. The van der Waals surface area contributed by atoms with Crippen molar-refractivity contribution in [1.29, 1.82) is 0 Å². The molecule has 0 saturated heterocycles. The SMILES string of the molecule is Cc1cc(C)c(CC(=O)Nc2n[nH]c3c2COCC3)c(C)c1Br. The van der Waals surface area contributed by atoms with Gasteiger partial charge in [-0.1, -0.05) is 22.0 Å². The van der Waals surface area contributed by atoms with E-state index < -0.39 is 0 Å². The monoisotopic (exact) mass is 377 g/mol. The topological polar surface area (TPSA) is 67.0 Å². The van der Waals surface area contributed by atoms with Gasteiger partial charge in [0.15, 0.2) is 5.82 Å². The number of halogens is 1. The molecule has 1 aliphatic heterocycles. The van der Waals surface area contributed by atoms with Crippen molar-refractivity contribution in [2.45, 2.75) is 40.2 Å². The van der Waals surface area contributed by atoms with Crippen LogP contribution in [0.4, 0.5) is 5.82 Å². The van der Waals surface area contributed by atoms with Crippen LogP contribution < -0.4 is 5.32 Å². The van der Waals surface area contributed by atoms with Gasteiger partial charge in [0.05, 0.1) is 19.6 Å². The van der Waals surface area contributed by atoms with Gasteiger partial charge in [-0.3, -0.25) is 9.89 Å². The minimum atomic E-state index is -0.0631. The zero-order chi connectivity index (χ0) is 16.6. The molecule has 1 aromatic heterocycles. The Labute approximate surface area is 143 Å². The quantitative estimate of drug-likeness (QED) is 0.861. The first-order valence-corrected chi connectivity index (χ1v) is 8.45. The molecule has 0 bridgehead atoms. The standard InChI is InChI=1S/C17H20BrN3O2/c1-9-6-10(2)16(18)11(3)12(9)7-15(22)19-17-13-8-23-5-4-14(13)20-21-17/h6H,4-5,7-8H2,1-3H3,(H2,19,20,21,22). The van der Waals surface area contributed by atoms with E-state index in [-0.39, 0.29) is 5.91 Å². The van der Waals surface area contributed by atoms with Crippen LogP contribution >= 0.6 is 15.9 Å². The molecule has 0 radical (unpaired) electrons. The molecular weight excluding hydrogens is 358 g/mol. The number of H-pyrrole nitrogens is 1. The third-order valence-corrected chi connectivity index (χ3v) is 5.55. The normalized spacial score (nSPS) is 13.7. The molecule has 0 unspecified atom stereocenters. The highest BCUT2D eigenvalue weighted by molar-refractivity contribution is 9.10. The summed E-state index contributed by atoms with van der Waals surface area (Å²) >= 11 is 3.60. The van der Waals surface area contributed by atoms with E-state index in [9.17, 15) is 4.79 Å². The molecule has 6 heteroatoms. The first-order chi connectivity index (χ1) is 11.0. The van der Waals surface area contributed by atoms with Crippen molar-refractivity contribution < 1.29 is 9.53 Å². The summed E-state index contributed by atoms with van der Waals surface area (Å²) in [4.78, 5) is 12.4. The Morgan fingerprint density at radius 1 is 1.39 bits per heavy atom. The van der Waals surface area contributed by atoms with Crippen LogP contribution in [0, 0.1) is 20.8 Å². The fourth-order valence-electron chi connectivity index (χ4n) is 3.02. The fourth-order valence-corrected chi connectivity index (χ4v) is 3.38. The largest absolute Gasteiger partial charge is 0.376 e. The number of hydrogen-bond acceptors (Lipinski definition) is 3. The third-order valence-electron chi connectivity index (χ3n) is 4.33. The molecule has 0 fully saturated rings. The van der Waals surface area contributed by atoms with Gasteiger partial charge in [-0.25, -0.2) is 0 Å². The molecule has 3 rings (SSSR count). The Morgan fingerprint density at radius 3 is 2.96 bits per heavy atom. The zero-order valence-corrected chi connectivity index (χ0v) is 15.1. The Kier molecular flexibility index (Phi) is 4.55. The van der Waals surface area contributed by atoms with Gasteiger partial charge in [-0.15, -0.1) is 0 Å². The number of anilines is 1. The van der Waals surface area contributed by atoms with E-state index in [2.05, 4.69) is 44.4 Å². The summed E-state index contributed by atoms with van der Waals surface area (Å²) in [6, 6.07) is 2.10. The van der Waals surface area contributed by atoms with E-state index in [4.69, 9.17) is 4.74 Å². The smallest absolute Gasteiger partial charge is 0.230 e. The molecule has 1 aliphatic rings. The molecule has 2 N–H and O–H groups in total. The fraction of sp³-hybridized carbons (Fsp3) is 0.412. The van der Waals surface area contributed by atoms with Crippen LogP contribution in [-0.2, 0) is 29.0 Å². The number of fused-ring (bicyclic) bond motifs is 1. The lowest BCUT2D eigenvalue weighted by Crippen LogP contribution is -2.18. The van der Waals surface area contributed by atoms with Gasteiger partial charge >= 0.3 is 0 Å². The number of aryl methyl sites for hydroxylation is 2. The van der Waals surface area contributed by atoms with Gasteiger partial charge in [0, 0.05) is 22.2 Å². The first kappa shape index (κ1) is 16.2. The molecule has 0 atom stereocenters. The second-order valence-electron chi connectivity index (χ2n) is 5.98. The number of nitrogens with zero attached hydrogens (tertiary/aromatic N) is 1. The summed E-state index contributed by atoms with van der Waals surface area (Å²) in [6.45, 7) is 7.33. The third kappa shape index (κ3) is 3.19. The molecule has 2 heterocycles. The predicted octanol–water partition coefficient (Wildman–Crippen LogP) is 3.35. The summed E-state index contributed by atoms with van der Waals surface area (Å²) in [5.41, 5.74) is 6.50. The zero-order valence-electron chi connectivity index (χ0n) is 13.5. The predicted molar refractivity (Wildman–Crippen MR) is 92.6 cm³/mol. The second kappa shape index (κ2) is 6.45. The van der Waals surface area contributed by atoms with Crippen LogP contribution in [-0.4, -0.2) is 22.7 Å². The Bertz CT molecular complexity index is 768. The van der Waals surface area contributed by atoms with Crippen LogP contribution in [0.15, 0.2) is 10.5 Å². The number of aromatic nitrogens is 2. The van der Waals surface area contributed by atoms with Crippen LogP contribution in [0.5, 0.6) is 0 Å². The van der Waals surface area contributed by atoms with Crippen LogP contribution in [0.25, 0.3) is 0 Å². The number of carbonyl (C=O) groups is 1. The van der Waals surface area contributed by atoms with Gasteiger partial charge in [0.1, 0.15) is 0 Å². The Hall–Kier alpha value is -1.66. The van der Waals surface area contributed by atoms with Gasteiger partial charge in [0.25, 0.3) is 0 Å². The molecule has 0 spiro atoms. The number of hydrogen-bond donors (Lipinski definition) is 2. The van der Waals surface area contributed by atoms with Gasteiger partial charge < -0.3 is 10.1 Å². The number of ether oxygens (including phenoxy) is 1. The maximum atomic E-state index is 12.4. The summed E-state index contributed by atoms with van der Waals surface area (Å²) in [5.74, 6) is 0.526. The van der Waals surface area contributed by atoms with E-state index in [0.717, 1.165) is 38.8 Å². The van der Waals surface area contributed by atoms with Crippen LogP contribution in [0.3, 0.4) is 0 Å². The van der Waals surface area contributed by atoms with E-state index in [0.29, 0.717) is 25.5 Å². The lowest BCUT2D eigenvalue weighted by molar-refractivity contribution is -0.115. The summed E-state index contributed by atoms with van der Waals surface area (Å²) in [6.07, 6.45) is 1.14. The Morgan fingerprint density at radius 2 is 2.17 bits per heavy atom. The highest BCUT2D eigenvalue weighted by Gasteiger charge is 2.20. The van der Waals surface area contributed by atoms with Gasteiger partial charge in [0.2, 0.25) is 5.91 Å². The van der Waals surface area contributed by atoms with E-state index >= 15 is 0 Å². The molecular formula is C17H20BrN3O2. The molecule has 2 aromatic rings. The highest BCUT2D eigenvalue weighted by atomic mass is 79.9. The van der Waals surface area contributed by atoms with Crippen molar-refractivity contribution in [3.05, 3.63) is 44.1 Å². The number of carbonyl (C=O) groups excluding carboxylic acids is 1. The molecule has 122 valence electrons. The van der Waals surface area contributed by atoms with Crippen molar-refractivity contribution in [2.24, 2.45) is 0 Å². The number of amides is 1. The average Bonchev–Trinajstić information content (AvgIpc) is 2.93. The van der Waals surface area contributed by atoms with Crippen molar-refractivity contribution >= 4 is 27.7 Å². The van der Waals surface area contributed by atoms with Crippen molar-refractivity contribution in [3.63, 3.8) is 0 Å². The summed E-state index contributed by atoms with van der Waals surface area (Å²) < 4.78 is 6.51. The summed E-state index contributed by atoms with van der Waals surface area (Å²) in [5, 5.41) is 10.1. The molecule has 1 amide bonds. The molecule has 0 aliphatic carbocycles. The molecule has 5 nitrogen and oxygen atoms in total. The highest BCUT2D eigenvalue weighted by Crippen LogP contribution is 2.28. The maximum Gasteiger partial charge on any atom is 0.230 e. The average molecular weight is 378 g/mol. The van der Waals surface area contributed by atoms with Crippen molar-refractivity contribution in [1.82, 2.24) is 10.2 Å².